The molecule has 1 aliphatic heterocycles. The Balaban J connectivity index is 1.78. The van der Waals surface area contributed by atoms with Crippen molar-refractivity contribution in [3.63, 3.8) is 0 Å². The van der Waals surface area contributed by atoms with Gasteiger partial charge in [0.2, 0.25) is 17.3 Å². The van der Waals surface area contributed by atoms with Gasteiger partial charge < -0.3 is 10.1 Å². The van der Waals surface area contributed by atoms with Crippen LogP contribution in [0.1, 0.15) is 31.6 Å². The number of nitrogens with zero attached hydrogens (tertiary/aromatic N) is 3. The van der Waals surface area contributed by atoms with E-state index in [0.717, 1.165) is 29.8 Å². The molecule has 1 N–H and O–H groups in total. The lowest BCUT2D eigenvalue weighted by atomic mass is 10.1. The maximum atomic E-state index is 6.43. The molecule has 0 unspecified atom stereocenters. The van der Waals surface area contributed by atoms with E-state index in [1.165, 1.54) is 0 Å². The highest BCUT2D eigenvalue weighted by Crippen LogP contribution is 2.42. The first-order valence-corrected chi connectivity index (χ1v) is 10.8. The Morgan fingerprint density at radius 3 is 2.64 bits per heavy atom. The molecular formula is C20H18Cl2N4OS. The molecule has 5 nitrogen and oxygen atoms in total. The van der Waals surface area contributed by atoms with Crippen LogP contribution in [0.15, 0.2) is 47.6 Å². The molecule has 1 aliphatic rings. The van der Waals surface area contributed by atoms with Gasteiger partial charge in [-0.05, 0) is 24.6 Å². The lowest BCUT2D eigenvalue weighted by Gasteiger charge is -2.21. The molecule has 0 saturated heterocycles. The summed E-state index contributed by atoms with van der Waals surface area (Å²) in [5.41, 5.74) is 2.97. The van der Waals surface area contributed by atoms with Crippen molar-refractivity contribution in [2.45, 2.75) is 31.1 Å². The molecular weight excluding hydrogens is 415 g/mol. The molecule has 0 aliphatic carbocycles. The first kappa shape index (κ1) is 19.3. The molecule has 144 valence electrons. The van der Waals surface area contributed by atoms with Gasteiger partial charge in [-0.2, -0.15) is 4.98 Å². The standard InChI is InChI=1S/C20H18Cl2N4OS/c1-2-3-11-28-20-24-19-17(25-26-20)12-7-4-5-10-15(12)23-18(27-19)16-13(21)8-6-9-14(16)22/h4-10,18,23H,2-3,11H2,1H3/t18-/m1/s1. The van der Waals surface area contributed by atoms with Crippen molar-refractivity contribution in [2.75, 3.05) is 11.1 Å². The van der Waals surface area contributed by atoms with Crippen molar-refractivity contribution in [3.8, 4) is 17.1 Å². The average Bonchev–Trinajstić information content (AvgIpc) is 2.84. The molecule has 2 heterocycles. The Morgan fingerprint density at radius 2 is 1.86 bits per heavy atom. The molecule has 0 radical (unpaired) electrons. The summed E-state index contributed by atoms with van der Waals surface area (Å²) < 4.78 is 6.23. The third-order valence-electron chi connectivity index (χ3n) is 4.32. The molecule has 0 amide bonds. The summed E-state index contributed by atoms with van der Waals surface area (Å²) in [7, 11) is 0. The van der Waals surface area contributed by atoms with E-state index < -0.39 is 6.23 Å². The minimum absolute atomic E-state index is 0.410. The molecule has 0 saturated carbocycles. The largest absolute Gasteiger partial charge is 0.448 e. The Kier molecular flexibility index (Phi) is 5.90. The molecule has 2 aromatic carbocycles. The summed E-state index contributed by atoms with van der Waals surface area (Å²) >= 11 is 14.4. The van der Waals surface area contributed by atoms with E-state index in [2.05, 4.69) is 27.4 Å². The number of hydrogen-bond donors (Lipinski definition) is 1. The first-order valence-electron chi connectivity index (χ1n) is 9.01. The normalized spacial score (nSPS) is 15.0. The second-order valence-electron chi connectivity index (χ2n) is 6.27. The maximum absolute atomic E-state index is 6.43. The first-order chi connectivity index (χ1) is 13.7. The smallest absolute Gasteiger partial charge is 0.247 e. The van der Waals surface area contributed by atoms with Crippen LogP contribution in [0, 0.1) is 0 Å². The van der Waals surface area contributed by atoms with E-state index in [1.54, 1.807) is 30.0 Å². The fourth-order valence-corrected chi connectivity index (χ4v) is 4.37. The van der Waals surface area contributed by atoms with Crippen LogP contribution in [0.4, 0.5) is 5.69 Å². The van der Waals surface area contributed by atoms with Crippen molar-refractivity contribution < 1.29 is 4.74 Å². The lowest BCUT2D eigenvalue weighted by molar-refractivity contribution is 0.225. The van der Waals surface area contributed by atoms with Crippen LogP contribution in [-0.2, 0) is 0 Å². The van der Waals surface area contributed by atoms with Gasteiger partial charge in [0.1, 0.15) is 0 Å². The van der Waals surface area contributed by atoms with Crippen LogP contribution >= 0.6 is 35.0 Å². The SMILES string of the molecule is CCCCSc1nnc2c(n1)O[C@H](c1c(Cl)cccc1Cl)Nc1ccccc1-2. The van der Waals surface area contributed by atoms with Gasteiger partial charge in [0.05, 0.1) is 15.6 Å². The number of hydrogen-bond acceptors (Lipinski definition) is 6. The highest BCUT2D eigenvalue weighted by molar-refractivity contribution is 7.99. The van der Waals surface area contributed by atoms with Gasteiger partial charge in [0, 0.05) is 17.0 Å². The Bertz CT molecular complexity index is 981. The van der Waals surface area contributed by atoms with Crippen LogP contribution in [0.2, 0.25) is 10.0 Å². The zero-order valence-electron chi connectivity index (χ0n) is 15.2. The molecule has 8 heteroatoms. The van der Waals surface area contributed by atoms with Crippen molar-refractivity contribution in [2.24, 2.45) is 0 Å². The zero-order chi connectivity index (χ0) is 19.5. The predicted molar refractivity (Wildman–Crippen MR) is 114 cm³/mol. The lowest BCUT2D eigenvalue weighted by Crippen LogP contribution is -2.18. The molecule has 3 aromatic rings. The van der Waals surface area contributed by atoms with Gasteiger partial charge in [-0.15, -0.1) is 10.2 Å². The minimum atomic E-state index is -0.603. The van der Waals surface area contributed by atoms with E-state index in [-0.39, 0.29) is 0 Å². The minimum Gasteiger partial charge on any atom is -0.448 e. The third-order valence-corrected chi connectivity index (χ3v) is 5.91. The van der Waals surface area contributed by atoms with Gasteiger partial charge in [-0.1, -0.05) is 72.6 Å². The zero-order valence-corrected chi connectivity index (χ0v) is 17.5. The molecule has 0 bridgehead atoms. The van der Waals surface area contributed by atoms with E-state index in [0.29, 0.717) is 32.3 Å². The monoisotopic (exact) mass is 432 g/mol. The Labute approximate surface area is 177 Å². The summed E-state index contributed by atoms with van der Waals surface area (Å²) in [6.07, 6.45) is 1.61. The number of aromatic nitrogens is 3. The van der Waals surface area contributed by atoms with E-state index in [1.807, 2.05) is 24.3 Å². The summed E-state index contributed by atoms with van der Waals surface area (Å²) in [4.78, 5) is 4.62. The van der Waals surface area contributed by atoms with Gasteiger partial charge >= 0.3 is 0 Å². The Hall–Kier alpha value is -2.02. The predicted octanol–water partition coefficient (Wildman–Crippen LogP) is 6.24. The fraction of sp³-hybridized carbons (Fsp3) is 0.250. The van der Waals surface area contributed by atoms with E-state index >= 15 is 0 Å². The van der Waals surface area contributed by atoms with Crippen LogP contribution in [0.5, 0.6) is 5.88 Å². The summed E-state index contributed by atoms with van der Waals surface area (Å²) in [5, 5.41) is 13.7. The number of nitrogens with one attached hydrogen (secondary N) is 1. The molecule has 28 heavy (non-hydrogen) atoms. The summed E-state index contributed by atoms with van der Waals surface area (Å²) in [6.45, 7) is 2.15. The molecule has 0 spiro atoms. The van der Waals surface area contributed by atoms with Crippen LogP contribution < -0.4 is 10.1 Å². The van der Waals surface area contributed by atoms with Crippen LogP contribution in [0.25, 0.3) is 11.3 Å². The van der Waals surface area contributed by atoms with E-state index in [9.17, 15) is 0 Å². The van der Waals surface area contributed by atoms with E-state index in [4.69, 9.17) is 27.9 Å². The van der Waals surface area contributed by atoms with Gasteiger partial charge in [0.25, 0.3) is 0 Å². The third kappa shape index (κ3) is 3.90. The molecule has 0 fully saturated rings. The highest BCUT2D eigenvalue weighted by Gasteiger charge is 2.28. The number of thioether (sulfide) groups is 1. The molecule has 4 rings (SSSR count). The van der Waals surface area contributed by atoms with Crippen molar-refractivity contribution in [3.05, 3.63) is 58.1 Å². The van der Waals surface area contributed by atoms with Gasteiger partial charge in [-0.3, -0.25) is 0 Å². The second-order valence-corrected chi connectivity index (χ2v) is 8.15. The average molecular weight is 433 g/mol. The number of para-hydroxylation sites is 1. The fourth-order valence-electron chi connectivity index (χ4n) is 2.91. The van der Waals surface area contributed by atoms with Gasteiger partial charge in [0.15, 0.2) is 5.69 Å². The topological polar surface area (TPSA) is 59.9 Å². The number of benzene rings is 2. The summed E-state index contributed by atoms with van der Waals surface area (Å²) in [5.74, 6) is 1.35. The maximum Gasteiger partial charge on any atom is 0.247 e. The quantitative estimate of drug-likeness (QED) is 0.380. The summed E-state index contributed by atoms with van der Waals surface area (Å²) in [6, 6.07) is 13.2. The second kappa shape index (κ2) is 8.55. The Morgan fingerprint density at radius 1 is 1.07 bits per heavy atom. The number of halogens is 2. The number of anilines is 1. The van der Waals surface area contributed by atoms with Crippen molar-refractivity contribution in [1.29, 1.82) is 0 Å². The van der Waals surface area contributed by atoms with Crippen LogP contribution in [0.3, 0.4) is 0 Å². The molecule has 1 aromatic heterocycles. The molecule has 1 atom stereocenters. The highest BCUT2D eigenvalue weighted by atomic mass is 35.5. The number of rotatable bonds is 5. The van der Waals surface area contributed by atoms with Crippen molar-refractivity contribution in [1.82, 2.24) is 15.2 Å². The van der Waals surface area contributed by atoms with Crippen LogP contribution in [-0.4, -0.2) is 20.9 Å². The number of ether oxygens (including phenoxy) is 1. The van der Waals surface area contributed by atoms with Crippen molar-refractivity contribution >= 4 is 40.7 Å². The number of fused-ring (bicyclic) bond motifs is 3. The van der Waals surface area contributed by atoms with Gasteiger partial charge in [-0.25, -0.2) is 0 Å². The number of unbranched alkanes of at least 4 members (excludes halogenated alkanes) is 1.